The lowest BCUT2D eigenvalue weighted by molar-refractivity contribution is -0.136. The zero-order chi connectivity index (χ0) is 16.4. The first-order valence-electron chi connectivity index (χ1n) is 8.33. The van der Waals surface area contributed by atoms with E-state index in [1.54, 1.807) is 4.90 Å². The molecule has 0 saturated carbocycles. The molecule has 2 heterocycles. The summed E-state index contributed by atoms with van der Waals surface area (Å²) in [5.74, 6) is -0.106. The number of anilines is 1. The molecule has 0 aromatic heterocycles. The third kappa shape index (κ3) is 3.11. The Morgan fingerprint density at radius 2 is 2.22 bits per heavy atom. The molecule has 1 fully saturated rings. The van der Waals surface area contributed by atoms with Crippen molar-refractivity contribution >= 4 is 17.5 Å². The second kappa shape index (κ2) is 6.32. The average Bonchev–Trinajstić information content (AvgIpc) is 2.95. The first-order valence-corrected chi connectivity index (χ1v) is 8.33. The number of carbonyl (C=O) groups is 2. The fraction of sp³-hybridized carbons (Fsp3) is 0.556. The van der Waals surface area contributed by atoms with Crippen molar-refractivity contribution in [3.63, 3.8) is 0 Å². The molecule has 0 unspecified atom stereocenters. The van der Waals surface area contributed by atoms with E-state index in [0.29, 0.717) is 25.8 Å². The molecule has 0 radical (unpaired) electrons. The van der Waals surface area contributed by atoms with Gasteiger partial charge in [0, 0.05) is 24.6 Å². The highest BCUT2D eigenvalue weighted by Crippen LogP contribution is 2.31. The van der Waals surface area contributed by atoms with Gasteiger partial charge < -0.3 is 15.3 Å². The average molecular weight is 316 g/mol. The van der Waals surface area contributed by atoms with Crippen molar-refractivity contribution in [2.24, 2.45) is 5.92 Å². The molecule has 5 nitrogen and oxygen atoms in total. The number of rotatable bonds is 4. The number of para-hydroxylation sites is 1. The van der Waals surface area contributed by atoms with E-state index in [2.05, 4.69) is 5.32 Å². The Bertz CT molecular complexity index is 616. The normalized spacial score (nSPS) is 26.8. The molecular formula is C18H24N2O3. The monoisotopic (exact) mass is 316 g/mol. The fourth-order valence-corrected chi connectivity index (χ4v) is 3.69. The minimum atomic E-state index is -0.432. The van der Waals surface area contributed by atoms with Gasteiger partial charge in [-0.1, -0.05) is 18.2 Å². The van der Waals surface area contributed by atoms with Crippen molar-refractivity contribution in [3.8, 4) is 0 Å². The lowest BCUT2D eigenvalue weighted by Crippen LogP contribution is -2.47. The molecule has 0 spiro atoms. The summed E-state index contributed by atoms with van der Waals surface area (Å²) in [5, 5.41) is 12.5. The number of fused-ring (bicyclic) bond motifs is 1. The Morgan fingerprint density at radius 3 is 3.00 bits per heavy atom. The van der Waals surface area contributed by atoms with Gasteiger partial charge in [-0.05, 0) is 44.2 Å². The molecule has 1 aromatic carbocycles. The highest BCUT2D eigenvalue weighted by Gasteiger charge is 2.39. The third-order valence-electron chi connectivity index (χ3n) is 5.21. The molecule has 2 aliphatic heterocycles. The molecule has 1 aromatic rings. The van der Waals surface area contributed by atoms with E-state index in [0.717, 1.165) is 24.1 Å². The molecule has 2 N–H and O–H groups in total. The van der Waals surface area contributed by atoms with Gasteiger partial charge in [-0.3, -0.25) is 9.59 Å². The summed E-state index contributed by atoms with van der Waals surface area (Å²) in [6.07, 6.45) is 3.37. The van der Waals surface area contributed by atoms with Crippen LogP contribution in [-0.4, -0.2) is 40.5 Å². The van der Waals surface area contributed by atoms with Crippen LogP contribution in [0.5, 0.6) is 0 Å². The predicted octanol–water partition coefficient (Wildman–Crippen LogP) is 1.95. The summed E-state index contributed by atoms with van der Waals surface area (Å²) in [4.78, 5) is 26.5. The largest absolute Gasteiger partial charge is 0.394 e. The molecule has 23 heavy (non-hydrogen) atoms. The summed E-state index contributed by atoms with van der Waals surface area (Å²) < 4.78 is 0. The van der Waals surface area contributed by atoms with Crippen molar-refractivity contribution < 1.29 is 14.7 Å². The molecule has 0 bridgehead atoms. The van der Waals surface area contributed by atoms with E-state index < -0.39 is 5.54 Å². The van der Waals surface area contributed by atoms with E-state index in [9.17, 15) is 14.7 Å². The fourth-order valence-electron chi connectivity index (χ4n) is 3.69. The molecule has 5 heteroatoms. The lowest BCUT2D eigenvalue weighted by atomic mass is 9.89. The maximum atomic E-state index is 12.5. The quantitative estimate of drug-likeness (QED) is 0.892. The second-order valence-corrected chi connectivity index (χ2v) is 6.89. The number of benzene rings is 1. The van der Waals surface area contributed by atoms with Crippen LogP contribution in [-0.2, 0) is 16.0 Å². The van der Waals surface area contributed by atoms with Crippen molar-refractivity contribution in [3.05, 3.63) is 29.8 Å². The summed E-state index contributed by atoms with van der Waals surface area (Å²) in [6.45, 7) is 2.63. The number of hydrogen-bond donors (Lipinski definition) is 2. The maximum Gasteiger partial charge on any atom is 0.227 e. The van der Waals surface area contributed by atoms with Gasteiger partial charge in [0.25, 0.3) is 0 Å². The number of likely N-dealkylation sites (tertiary alicyclic amines) is 1. The smallest absolute Gasteiger partial charge is 0.227 e. The van der Waals surface area contributed by atoms with Crippen LogP contribution < -0.4 is 5.32 Å². The summed E-state index contributed by atoms with van der Waals surface area (Å²) in [6, 6.07) is 7.81. The predicted molar refractivity (Wildman–Crippen MR) is 87.9 cm³/mol. The van der Waals surface area contributed by atoms with Crippen LogP contribution in [0, 0.1) is 5.92 Å². The molecular weight excluding hydrogens is 292 g/mol. The van der Waals surface area contributed by atoms with E-state index >= 15 is 0 Å². The number of carbonyl (C=O) groups excluding carboxylic acids is 2. The zero-order valence-corrected chi connectivity index (χ0v) is 13.5. The van der Waals surface area contributed by atoms with Crippen LogP contribution in [0.1, 0.15) is 38.2 Å². The number of nitrogens with one attached hydrogen (secondary N) is 1. The highest BCUT2D eigenvalue weighted by atomic mass is 16.3. The van der Waals surface area contributed by atoms with Gasteiger partial charge in [-0.25, -0.2) is 0 Å². The molecule has 2 amide bonds. The first-order chi connectivity index (χ1) is 11.0. The minimum Gasteiger partial charge on any atom is -0.394 e. The summed E-state index contributed by atoms with van der Waals surface area (Å²) >= 11 is 0. The van der Waals surface area contributed by atoms with Crippen LogP contribution >= 0.6 is 0 Å². The van der Waals surface area contributed by atoms with E-state index in [-0.39, 0.29) is 24.3 Å². The van der Waals surface area contributed by atoms with E-state index in [1.165, 1.54) is 0 Å². The van der Waals surface area contributed by atoms with Crippen LogP contribution in [0.3, 0.4) is 0 Å². The number of hydrogen-bond acceptors (Lipinski definition) is 3. The third-order valence-corrected chi connectivity index (χ3v) is 5.21. The highest BCUT2D eigenvalue weighted by molar-refractivity contribution is 5.96. The van der Waals surface area contributed by atoms with Gasteiger partial charge in [0.1, 0.15) is 0 Å². The minimum absolute atomic E-state index is 0.00263. The molecule has 0 aliphatic carbocycles. The van der Waals surface area contributed by atoms with Crippen LogP contribution in [0.2, 0.25) is 0 Å². The standard InChI is InChI=1S/C18H24N2O3/c1-18(12-21)9-4-10-20(18)16(22)8-7-14-11-13-5-2-3-6-15(13)19-17(14)23/h2-3,5-6,14,21H,4,7-12H2,1H3,(H,19,23)/t14-,18+/m1/s1. The van der Waals surface area contributed by atoms with Gasteiger partial charge in [0.15, 0.2) is 0 Å². The van der Waals surface area contributed by atoms with Crippen LogP contribution in [0.4, 0.5) is 5.69 Å². The first kappa shape index (κ1) is 16.0. The van der Waals surface area contributed by atoms with Gasteiger partial charge in [0.05, 0.1) is 12.1 Å². The van der Waals surface area contributed by atoms with Crippen LogP contribution in [0.15, 0.2) is 24.3 Å². The number of nitrogens with zero attached hydrogens (tertiary/aromatic N) is 1. The van der Waals surface area contributed by atoms with E-state index in [1.807, 2.05) is 31.2 Å². The molecule has 3 rings (SSSR count). The molecule has 2 atom stereocenters. The number of aliphatic hydroxyl groups is 1. The summed E-state index contributed by atoms with van der Waals surface area (Å²) in [5.41, 5.74) is 1.58. The second-order valence-electron chi connectivity index (χ2n) is 6.89. The van der Waals surface area contributed by atoms with Crippen LogP contribution in [0.25, 0.3) is 0 Å². The van der Waals surface area contributed by atoms with Crippen molar-refractivity contribution in [2.75, 3.05) is 18.5 Å². The Kier molecular flexibility index (Phi) is 4.39. The molecule has 1 saturated heterocycles. The van der Waals surface area contributed by atoms with Crippen molar-refractivity contribution in [1.82, 2.24) is 4.90 Å². The Hall–Kier alpha value is -1.88. The van der Waals surface area contributed by atoms with Gasteiger partial charge >= 0.3 is 0 Å². The zero-order valence-electron chi connectivity index (χ0n) is 13.5. The van der Waals surface area contributed by atoms with Gasteiger partial charge in [0.2, 0.25) is 11.8 Å². The maximum absolute atomic E-state index is 12.5. The molecule has 2 aliphatic rings. The Labute approximate surface area is 136 Å². The SMILES string of the molecule is C[C@@]1(CO)CCCN1C(=O)CC[C@@H]1Cc2ccccc2NC1=O. The Morgan fingerprint density at radius 1 is 1.43 bits per heavy atom. The lowest BCUT2D eigenvalue weighted by Gasteiger charge is -2.34. The topological polar surface area (TPSA) is 69.6 Å². The van der Waals surface area contributed by atoms with E-state index in [4.69, 9.17) is 0 Å². The van der Waals surface area contributed by atoms with Gasteiger partial charge in [-0.2, -0.15) is 0 Å². The number of aliphatic hydroxyl groups excluding tert-OH is 1. The van der Waals surface area contributed by atoms with Gasteiger partial charge in [-0.15, -0.1) is 0 Å². The molecule has 124 valence electrons. The van der Waals surface area contributed by atoms with Crippen molar-refractivity contribution in [2.45, 2.75) is 44.6 Å². The van der Waals surface area contributed by atoms with Crippen molar-refractivity contribution in [1.29, 1.82) is 0 Å². The summed E-state index contributed by atoms with van der Waals surface area (Å²) in [7, 11) is 0. The Balaban J connectivity index is 1.60. The number of amides is 2.